The lowest BCUT2D eigenvalue weighted by molar-refractivity contribution is -0.132. The molecule has 7 heteroatoms. The van der Waals surface area contributed by atoms with Crippen LogP contribution in [0.5, 0.6) is 5.75 Å². The molecule has 3 rings (SSSR count). The van der Waals surface area contributed by atoms with Crippen molar-refractivity contribution in [1.29, 1.82) is 0 Å². The molecule has 154 valence electrons. The fourth-order valence-corrected chi connectivity index (χ4v) is 3.25. The first-order chi connectivity index (χ1) is 13.7. The third-order valence-electron chi connectivity index (χ3n) is 5.08. The Labute approximate surface area is 169 Å². The van der Waals surface area contributed by atoms with Crippen molar-refractivity contribution in [3.63, 3.8) is 0 Å². The molecule has 2 unspecified atom stereocenters. The van der Waals surface area contributed by atoms with Gasteiger partial charge in [-0.2, -0.15) is 0 Å². The number of amides is 3. The average Bonchev–Trinajstić information content (AvgIpc) is 2.91. The maximum atomic E-state index is 13.0. The molecule has 0 spiro atoms. The molecule has 1 aliphatic rings. The van der Waals surface area contributed by atoms with Crippen molar-refractivity contribution in [3.8, 4) is 5.75 Å². The number of imide groups is 1. The molecular formula is C22H25FN2O4. The van der Waals surface area contributed by atoms with Gasteiger partial charge in [0, 0.05) is 0 Å². The minimum atomic E-state index is -1.19. The van der Waals surface area contributed by atoms with E-state index in [4.69, 9.17) is 4.74 Å². The van der Waals surface area contributed by atoms with Crippen molar-refractivity contribution in [1.82, 2.24) is 10.2 Å². The van der Waals surface area contributed by atoms with Crippen LogP contribution >= 0.6 is 0 Å². The zero-order valence-corrected chi connectivity index (χ0v) is 16.7. The second-order valence-corrected chi connectivity index (χ2v) is 7.67. The highest BCUT2D eigenvalue weighted by Gasteiger charge is 2.49. The summed E-state index contributed by atoms with van der Waals surface area (Å²) in [5.41, 5.74) is 0.628. The molecule has 2 atom stereocenters. The number of benzene rings is 2. The number of urea groups is 1. The Bertz CT molecular complexity index is 883. The summed E-state index contributed by atoms with van der Waals surface area (Å²) >= 11 is 0. The molecule has 3 amide bonds. The Hall–Kier alpha value is -2.93. The number of nitrogens with zero attached hydrogens (tertiary/aromatic N) is 1. The minimum absolute atomic E-state index is 0.136. The van der Waals surface area contributed by atoms with E-state index in [-0.39, 0.29) is 13.2 Å². The fraction of sp³-hybridized carbons (Fsp3) is 0.364. The smallest absolute Gasteiger partial charge is 0.325 e. The third kappa shape index (κ3) is 4.40. The van der Waals surface area contributed by atoms with Crippen LogP contribution in [0.15, 0.2) is 48.5 Å². The second-order valence-electron chi connectivity index (χ2n) is 7.67. The van der Waals surface area contributed by atoms with E-state index in [0.717, 1.165) is 10.5 Å². The molecule has 0 aliphatic carbocycles. The summed E-state index contributed by atoms with van der Waals surface area (Å²) in [4.78, 5) is 26.3. The van der Waals surface area contributed by atoms with E-state index in [2.05, 4.69) is 19.2 Å². The largest absolute Gasteiger partial charge is 0.491 e. The number of ether oxygens (including phenoxy) is 1. The number of hydrogen-bond donors (Lipinski definition) is 2. The Morgan fingerprint density at radius 2 is 1.72 bits per heavy atom. The monoisotopic (exact) mass is 400 g/mol. The van der Waals surface area contributed by atoms with Crippen molar-refractivity contribution in [2.24, 2.45) is 0 Å². The number of rotatable bonds is 7. The first-order valence-corrected chi connectivity index (χ1v) is 9.51. The van der Waals surface area contributed by atoms with E-state index >= 15 is 0 Å². The lowest BCUT2D eigenvalue weighted by Crippen LogP contribution is -2.42. The highest BCUT2D eigenvalue weighted by molar-refractivity contribution is 6.07. The van der Waals surface area contributed by atoms with Gasteiger partial charge in [0.25, 0.3) is 5.91 Å². The first-order valence-electron chi connectivity index (χ1n) is 9.51. The Balaban J connectivity index is 1.65. The second kappa shape index (κ2) is 8.21. The van der Waals surface area contributed by atoms with Crippen molar-refractivity contribution >= 4 is 11.9 Å². The summed E-state index contributed by atoms with van der Waals surface area (Å²) in [6.07, 6.45) is -1.08. The van der Waals surface area contributed by atoms with Gasteiger partial charge in [-0.3, -0.25) is 9.69 Å². The average molecular weight is 400 g/mol. The molecule has 1 heterocycles. The highest BCUT2D eigenvalue weighted by Crippen LogP contribution is 2.30. The fourth-order valence-electron chi connectivity index (χ4n) is 3.25. The molecule has 29 heavy (non-hydrogen) atoms. The summed E-state index contributed by atoms with van der Waals surface area (Å²) < 4.78 is 18.3. The van der Waals surface area contributed by atoms with E-state index < -0.39 is 29.4 Å². The molecule has 2 N–H and O–H groups in total. The maximum Gasteiger partial charge on any atom is 0.325 e. The number of aliphatic hydroxyl groups is 1. The summed E-state index contributed by atoms with van der Waals surface area (Å²) in [6, 6.07) is 12.4. The van der Waals surface area contributed by atoms with Crippen molar-refractivity contribution < 1.29 is 23.8 Å². The van der Waals surface area contributed by atoms with E-state index in [1.54, 1.807) is 6.92 Å². The standard InChI is InChI=1S/C22H25FN2O4/c1-14(2)15-4-6-16(7-5-15)22(3)20(27)25(21(28)24-22)12-18(26)13-29-19-10-8-17(23)9-11-19/h4-11,14,18,26H,12-13H2,1-3H3,(H,24,28). The Morgan fingerprint density at radius 3 is 2.31 bits per heavy atom. The minimum Gasteiger partial charge on any atom is -0.491 e. The van der Waals surface area contributed by atoms with Crippen LogP contribution in [0.2, 0.25) is 0 Å². The van der Waals surface area contributed by atoms with Crippen molar-refractivity contribution in [2.45, 2.75) is 38.3 Å². The van der Waals surface area contributed by atoms with E-state index in [1.807, 2.05) is 24.3 Å². The van der Waals surface area contributed by atoms with Gasteiger partial charge in [0.1, 0.15) is 29.8 Å². The number of halogens is 1. The van der Waals surface area contributed by atoms with Crippen LogP contribution in [-0.2, 0) is 10.3 Å². The first kappa shape index (κ1) is 20.8. The van der Waals surface area contributed by atoms with Gasteiger partial charge < -0.3 is 15.2 Å². The lowest BCUT2D eigenvalue weighted by Gasteiger charge is -2.23. The summed E-state index contributed by atoms with van der Waals surface area (Å²) in [5.74, 6) is -0.0743. The van der Waals surface area contributed by atoms with Crippen LogP contribution in [0, 0.1) is 5.82 Å². The molecule has 2 aromatic rings. The van der Waals surface area contributed by atoms with Crippen LogP contribution in [0.25, 0.3) is 0 Å². The molecule has 1 saturated heterocycles. The van der Waals surface area contributed by atoms with Crippen LogP contribution < -0.4 is 10.1 Å². The van der Waals surface area contributed by atoms with Crippen LogP contribution in [0.4, 0.5) is 9.18 Å². The van der Waals surface area contributed by atoms with Gasteiger partial charge >= 0.3 is 6.03 Å². The number of carbonyl (C=O) groups is 2. The predicted molar refractivity (Wildman–Crippen MR) is 106 cm³/mol. The third-order valence-corrected chi connectivity index (χ3v) is 5.08. The molecule has 1 fully saturated rings. The molecule has 0 saturated carbocycles. The lowest BCUT2D eigenvalue weighted by atomic mass is 9.90. The van der Waals surface area contributed by atoms with Crippen LogP contribution in [0.3, 0.4) is 0 Å². The maximum absolute atomic E-state index is 13.0. The van der Waals surface area contributed by atoms with Gasteiger partial charge in [-0.25, -0.2) is 9.18 Å². The quantitative estimate of drug-likeness (QED) is 0.700. The molecule has 0 aromatic heterocycles. The van der Waals surface area contributed by atoms with Crippen LogP contribution in [0.1, 0.15) is 37.8 Å². The summed E-state index contributed by atoms with van der Waals surface area (Å²) in [7, 11) is 0. The van der Waals surface area contributed by atoms with E-state index in [9.17, 15) is 19.1 Å². The van der Waals surface area contributed by atoms with Gasteiger partial charge in [-0.05, 0) is 48.2 Å². The summed E-state index contributed by atoms with van der Waals surface area (Å²) in [5, 5.41) is 13.0. The van der Waals surface area contributed by atoms with Gasteiger partial charge in [0.15, 0.2) is 0 Å². The predicted octanol–water partition coefficient (Wildman–Crippen LogP) is 3.16. The zero-order chi connectivity index (χ0) is 21.2. The van der Waals surface area contributed by atoms with Gasteiger partial charge in [-0.15, -0.1) is 0 Å². The SMILES string of the molecule is CC(C)c1ccc(C2(C)NC(=O)N(CC(O)COc3ccc(F)cc3)C2=O)cc1. The number of carbonyl (C=O) groups excluding carboxylic acids is 2. The number of hydrogen-bond acceptors (Lipinski definition) is 4. The Morgan fingerprint density at radius 1 is 1.10 bits per heavy atom. The summed E-state index contributed by atoms with van der Waals surface area (Å²) in [6.45, 7) is 5.47. The van der Waals surface area contributed by atoms with Crippen molar-refractivity contribution in [2.75, 3.05) is 13.2 Å². The normalized spacial score (nSPS) is 20.1. The molecule has 1 aliphatic heterocycles. The molecular weight excluding hydrogens is 375 g/mol. The molecule has 0 radical (unpaired) electrons. The molecule has 2 aromatic carbocycles. The number of aliphatic hydroxyl groups excluding tert-OH is 1. The number of nitrogens with one attached hydrogen (secondary N) is 1. The van der Waals surface area contributed by atoms with Crippen molar-refractivity contribution in [3.05, 3.63) is 65.5 Å². The van der Waals surface area contributed by atoms with Gasteiger partial charge in [0.2, 0.25) is 0 Å². The molecule has 0 bridgehead atoms. The van der Waals surface area contributed by atoms with Gasteiger partial charge in [-0.1, -0.05) is 38.1 Å². The van der Waals surface area contributed by atoms with Gasteiger partial charge in [0.05, 0.1) is 6.54 Å². The van der Waals surface area contributed by atoms with E-state index in [0.29, 0.717) is 17.2 Å². The molecule has 6 nitrogen and oxygen atoms in total. The highest BCUT2D eigenvalue weighted by atomic mass is 19.1. The zero-order valence-electron chi connectivity index (χ0n) is 16.7. The number of β-amino-alcohol motifs (C(OH)–C–C–N with tert-alkyl or cyclic N) is 1. The topological polar surface area (TPSA) is 78.9 Å². The van der Waals surface area contributed by atoms with Crippen LogP contribution in [-0.4, -0.2) is 41.2 Å². The Kier molecular flexibility index (Phi) is 5.88. The van der Waals surface area contributed by atoms with E-state index in [1.165, 1.54) is 24.3 Å².